The van der Waals surface area contributed by atoms with Crippen molar-refractivity contribution >= 4 is 18.1 Å². The third-order valence-electron chi connectivity index (χ3n) is 6.45. The van der Waals surface area contributed by atoms with Gasteiger partial charge in [-0.25, -0.2) is 9.59 Å². The zero-order chi connectivity index (χ0) is 24.7. The maximum absolute atomic E-state index is 13.3. The van der Waals surface area contributed by atoms with Crippen molar-refractivity contribution in [1.82, 2.24) is 9.80 Å². The topological polar surface area (TPSA) is 68.3 Å². The van der Waals surface area contributed by atoms with Gasteiger partial charge >= 0.3 is 12.1 Å². The number of benzene rings is 1. The number of ether oxygens (including phenoxy) is 3. The van der Waals surface area contributed by atoms with E-state index in [4.69, 9.17) is 9.47 Å². The average Bonchev–Trinajstić information content (AvgIpc) is 3.57. The van der Waals surface area contributed by atoms with Crippen LogP contribution in [0.1, 0.15) is 52.5 Å². The van der Waals surface area contributed by atoms with Crippen molar-refractivity contribution in [2.45, 2.75) is 64.6 Å². The molecule has 2 fully saturated rings. The zero-order valence-electron chi connectivity index (χ0n) is 21.3. The summed E-state index contributed by atoms with van der Waals surface area (Å²) in [5, 5.41) is 0. The Hall–Kier alpha value is -2.38. The van der Waals surface area contributed by atoms with Gasteiger partial charge < -0.3 is 24.0 Å². The molecule has 0 radical (unpaired) electrons. The smallest absolute Gasteiger partial charge is 0.410 e. The standard InChI is InChI=1S/C27H40N2O5/c1-20(17-21-9-7-6-8-10-21)23-18-24(23)29(26(31)34-27(2,3)4)22-11-13-28(14-12-22)15-16-33-19-25(30)32-5/h6-10,17,22-24H,11-16,18-19H2,1-5H3/b20-17+/t23-,24+/m0/s1. The van der Waals surface area contributed by atoms with E-state index in [1.54, 1.807) is 0 Å². The van der Waals surface area contributed by atoms with Crippen LogP contribution in [0.3, 0.4) is 0 Å². The summed E-state index contributed by atoms with van der Waals surface area (Å²) >= 11 is 0. The molecule has 1 amide bonds. The van der Waals surface area contributed by atoms with Crippen LogP contribution in [0, 0.1) is 5.92 Å². The molecule has 7 heteroatoms. The van der Waals surface area contributed by atoms with Crippen LogP contribution in [0.4, 0.5) is 4.79 Å². The second kappa shape index (κ2) is 11.8. The lowest BCUT2D eigenvalue weighted by Crippen LogP contribution is -2.50. The molecule has 2 aliphatic rings. The van der Waals surface area contributed by atoms with E-state index in [1.807, 2.05) is 43.9 Å². The Balaban J connectivity index is 1.59. The first-order valence-electron chi connectivity index (χ1n) is 12.3. The van der Waals surface area contributed by atoms with Gasteiger partial charge in [0.2, 0.25) is 0 Å². The summed E-state index contributed by atoms with van der Waals surface area (Å²) in [7, 11) is 1.36. The Bertz CT molecular complexity index is 840. The summed E-state index contributed by atoms with van der Waals surface area (Å²) < 4.78 is 15.8. The van der Waals surface area contributed by atoms with E-state index in [0.29, 0.717) is 12.5 Å². The fourth-order valence-electron chi connectivity index (χ4n) is 4.60. The largest absolute Gasteiger partial charge is 0.467 e. The van der Waals surface area contributed by atoms with E-state index in [2.05, 4.69) is 34.8 Å². The molecule has 0 N–H and O–H groups in total. The Morgan fingerprint density at radius 2 is 1.82 bits per heavy atom. The van der Waals surface area contributed by atoms with Gasteiger partial charge in [-0.05, 0) is 52.5 Å². The number of likely N-dealkylation sites (tertiary alicyclic amines) is 1. The van der Waals surface area contributed by atoms with Gasteiger partial charge in [0.15, 0.2) is 0 Å². The molecule has 1 heterocycles. The Morgan fingerprint density at radius 1 is 1.15 bits per heavy atom. The number of rotatable bonds is 9. The van der Waals surface area contributed by atoms with Gasteiger partial charge in [-0.3, -0.25) is 0 Å². The number of hydrogen-bond donors (Lipinski definition) is 0. The molecule has 1 aliphatic heterocycles. The monoisotopic (exact) mass is 472 g/mol. The maximum Gasteiger partial charge on any atom is 0.410 e. The maximum atomic E-state index is 13.3. The lowest BCUT2D eigenvalue weighted by molar-refractivity contribution is -0.146. The number of carbonyl (C=O) groups is 2. The van der Waals surface area contributed by atoms with E-state index >= 15 is 0 Å². The van der Waals surface area contributed by atoms with Gasteiger partial charge in [0.1, 0.15) is 12.2 Å². The molecule has 0 bridgehead atoms. The molecule has 7 nitrogen and oxygen atoms in total. The van der Waals surface area contributed by atoms with Crippen molar-refractivity contribution in [1.29, 1.82) is 0 Å². The minimum Gasteiger partial charge on any atom is -0.467 e. The summed E-state index contributed by atoms with van der Waals surface area (Å²) in [6.45, 7) is 11.0. The number of nitrogens with zero attached hydrogens (tertiary/aromatic N) is 2. The van der Waals surface area contributed by atoms with Crippen molar-refractivity contribution in [2.75, 3.05) is 40.0 Å². The second-order valence-corrected chi connectivity index (χ2v) is 10.3. The highest BCUT2D eigenvalue weighted by Gasteiger charge is 2.48. The average molecular weight is 473 g/mol. The van der Waals surface area contributed by atoms with Crippen LogP contribution in [0.25, 0.3) is 6.08 Å². The van der Waals surface area contributed by atoms with Crippen LogP contribution in [0.15, 0.2) is 35.9 Å². The summed E-state index contributed by atoms with van der Waals surface area (Å²) in [4.78, 5) is 28.8. The first-order chi connectivity index (χ1) is 16.2. The van der Waals surface area contributed by atoms with Gasteiger partial charge in [-0.15, -0.1) is 0 Å². The number of esters is 1. The van der Waals surface area contributed by atoms with Crippen molar-refractivity contribution < 1.29 is 23.8 Å². The van der Waals surface area contributed by atoms with Crippen LogP contribution in [0.5, 0.6) is 0 Å². The van der Waals surface area contributed by atoms with E-state index < -0.39 is 5.60 Å². The molecule has 1 aliphatic carbocycles. The minimum atomic E-state index is -0.522. The van der Waals surface area contributed by atoms with Crippen LogP contribution < -0.4 is 0 Å². The molecule has 2 atom stereocenters. The lowest BCUT2D eigenvalue weighted by Gasteiger charge is -2.39. The number of amides is 1. The molecule has 1 saturated carbocycles. The molecule has 34 heavy (non-hydrogen) atoms. The summed E-state index contributed by atoms with van der Waals surface area (Å²) in [5.41, 5.74) is 1.98. The van der Waals surface area contributed by atoms with E-state index in [0.717, 1.165) is 38.9 Å². The first kappa shape index (κ1) is 26.2. The fraction of sp³-hybridized carbons (Fsp3) is 0.630. The molecular formula is C27H40N2O5. The molecule has 1 aromatic rings. The third-order valence-corrected chi connectivity index (χ3v) is 6.45. The molecule has 0 unspecified atom stereocenters. The molecule has 0 spiro atoms. The molecule has 3 rings (SSSR count). The van der Waals surface area contributed by atoms with E-state index in [1.165, 1.54) is 18.2 Å². The van der Waals surface area contributed by atoms with Crippen molar-refractivity contribution in [2.24, 2.45) is 5.92 Å². The summed E-state index contributed by atoms with van der Waals surface area (Å²) in [6.07, 6.45) is 4.82. The molecule has 188 valence electrons. The van der Waals surface area contributed by atoms with Gasteiger partial charge in [-0.2, -0.15) is 0 Å². The molecule has 1 aromatic carbocycles. The minimum absolute atomic E-state index is 0.0156. The summed E-state index contributed by atoms with van der Waals surface area (Å²) in [5.74, 6) is 0.0137. The highest BCUT2D eigenvalue weighted by atomic mass is 16.6. The lowest BCUT2D eigenvalue weighted by atomic mass is 10.0. The van der Waals surface area contributed by atoms with Crippen LogP contribution in [-0.2, 0) is 19.0 Å². The van der Waals surface area contributed by atoms with Crippen LogP contribution in [-0.4, -0.2) is 79.5 Å². The Kier molecular flexibility index (Phi) is 9.14. The van der Waals surface area contributed by atoms with Gasteiger partial charge in [0.25, 0.3) is 0 Å². The van der Waals surface area contributed by atoms with Crippen molar-refractivity contribution in [3.63, 3.8) is 0 Å². The van der Waals surface area contributed by atoms with Crippen molar-refractivity contribution in [3.05, 3.63) is 41.5 Å². The first-order valence-corrected chi connectivity index (χ1v) is 12.3. The highest BCUT2D eigenvalue weighted by molar-refractivity contribution is 5.70. The number of methoxy groups -OCH3 is 1. The van der Waals surface area contributed by atoms with Crippen molar-refractivity contribution in [3.8, 4) is 0 Å². The SMILES string of the molecule is COC(=O)COCCN1CCC(N(C(=O)OC(C)(C)C)[C@@H]2C[C@H]2/C(C)=C/c2ccccc2)CC1. The summed E-state index contributed by atoms with van der Waals surface area (Å²) in [6, 6.07) is 10.7. The second-order valence-electron chi connectivity index (χ2n) is 10.3. The predicted molar refractivity (Wildman–Crippen MR) is 132 cm³/mol. The Labute approximate surface area is 204 Å². The number of piperidine rings is 1. The molecule has 0 aromatic heterocycles. The fourth-order valence-corrected chi connectivity index (χ4v) is 4.60. The van der Waals surface area contributed by atoms with E-state index in [9.17, 15) is 9.59 Å². The Morgan fingerprint density at radius 3 is 2.44 bits per heavy atom. The number of hydrogen-bond acceptors (Lipinski definition) is 6. The molecule has 1 saturated heterocycles. The van der Waals surface area contributed by atoms with Gasteiger partial charge in [-0.1, -0.05) is 42.0 Å². The quantitative estimate of drug-likeness (QED) is 0.393. The zero-order valence-corrected chi connectivity index (χ0v) is 21.3. The van der Waals surface area contributed by atoms with Crippen LogP contribution >= 0.6 is 0 Å². The number of carbonyl (C=O) groups excluding carboxylic acids is 2. The highest BCUT2D eigenvalue weighted by Crippen LogP contribution is 2.44. The van der Waals surface area contributed by atoms with Gasteiger partial charge in [0.05, 0.1) is 13.7 Å². The third kappa shape index (κ3) is 7.84. The normalized spacial score (nSPS) is 21.7. The molecular weight excluding hydrogens is 432 g/mol. The predicted octanol–water partition coefficient (Wildman–Crippen LogP) is 4.37. The van der Waals surface area contributed by atoms with E-state index in [-0.39, 0.29) is 30.8 Å². The van der Waals surface area contributed by atoms with Crippen LogP contribution in [0.2, 0.25) is 0 Å². The van der Waals surface area contributed by atoms with Gasteiger partial charge in [0, 0.05) is 37.6 Å².